The Morgan fingerprint density at radius 3 is 2.58 bits per heavy atom. The Balaban J connectivity index is 1.39. The maximum Gasteiger partial charge on any atom is 0.418 e. The summed E-state index contributed by atoms with van der Waals surface area (Å²) in [6.45, 7) is 4.60. The van der Waals surface area contributed by atoms with Crippen LogP contribution in [0.5, 0.6) is 0 Å². The number of hydrogen-bond donors (Lipinski definition) is 1. The van der Waals surface area contributed by atoms with E-state index in [1.54, 1.807) is 6.20 Å². The summed E-state index contributed by atoms with van der Waals surface area (Å²) >= 11 is 6.64. The number of carbonyl (C=O) groups is 2. The highest BCUT2D eigenvalue weighted by atomic mass is 35.5. The van der Waals surface area contributed by atoms with Crippen molar-refractivity contribution in [2.24, 2.45) is 7.05 Å². The van der Waals surface area contributed by atoms with Crippen LogP contribution in [-0.4, -0.2) is 49.2 Å². The molecule has 4 heterocycles. The van der Waals surface area contributed by atoms with Gasteiger partial charge >= 0.3 is 6.18 Å². The zero-order valence-electron chi connectivity index (χ0n) is 19.6. The van der Waals surface area contributed by atoms with E-state index >= 15 is 0 Å². The molecule has 1 saturated heterocycles. The van der Waals surface area contributed by atoms with E-state index in [-0.39, 0.29) is 28.8 Å². The molecule has 3 aromatic heterocycles. The Labute approximate surface area is 214 Å². The standard InChI is InChI=1S/C23H24ClF3N6O2S/c1-13(7-17(34)16-10-29-20(32(16)2)12-33-5-3-4-6-33)22-30-11-18(36-22)21(35)31-19-8-14(23(25,26)27)15(24)9-28-19/h8-11,13H,3-7,12H2,1-2H3,(H,28,31,35)/t13-/m0/s1. The van der Waals surface area contributed by atoms with E-state index < -0.39 is 22.7 Å². The number of Topliss-reactive ketones (excluding diaryl/α,β-unsaturated/α-hetero) is 1. The number of rotatable bonds is 8. The number of ketones is 1. The van der Waals surface area contributed by atoms with E-state index in [2.05, 4.69) is 25.2 Å². The summed E-state index contributed by atoms with van der Waals surface area (Å²) in [5.74, 6) is -0.456. The number of halogens is 4. The summed E-state index contributed by atoms with van der Waals surface area (Å²) < 4.78 is 41.0. The van der Waals surface area contributed by atoms with Gasteiger partial charge in [-0.25, -0.2) is 15.0 Å². The molecule has 1 atom stereocenters. The molecule has 1 aliphatic heterocycles. The van der Waals surface area contributed by atoms with Gasteiger partial charge in [-0.15, -0.1) is 11.3 Å². The van der Waals surface area contributed by atoms with E-state index in [1.165, 1.54) is 19.0 Å². The van der Waals surface area contributed by atoms with Crippen LogP contribution in [0.1, 0.15) is 68.7 Å². The molecule has 13 heteroatoms. The molecule has 1 fully saturated rings. The van der Waals surface area contributed by atoms with Gasteiger partial charge in [-0.1, -0.05) is 18.5 Å². The molecule has 0 bridgehead atoms. The Hall–Kier alpha value is -2.83. The van der Waals surface area contributed by atoms with Crippen molar-refractivity contribution in [1.82, 2.24) is 24.4 Å². The lowest BCUT2D eigenvalue weighted by Crippen LogP contribution is -2.21. The van der Waals surface area contributed by atoms with Gasteiger partial charge < -0.3 is 9.88 Å². The second-order valence-corrected chi connectivity index (χ2v) is 10.2. The van der Waals surface area contributed by atoms with E-state index in [9.17, 15) is 22.8 Å². The molecule has 1 aliphatic rings. The number of thiazole rings is 1. The number of anilines is 1. The van der Waals surface area contributed by atoms with Gasteiger partial charge in [-0.3, -0.25) is 14.5 Å². The zero-order valence-corrected chi connectivity index (χ0v) is 21.2. The van der Waals surface area contributed by atoms with Gasteiger partial charge in [0, 0.05) is 25.6 Å². The summed E-state index contributed by atoms with van der Waals surface area (Å²) in [6.07, 6.45) is 1.59. The predicted molar refractivity (Wildman–Crippen MR) is 129 cm³/mol. The van der Waals surface area contributed by atoms with E-state index in [1.807, 2.05) is 18.5 Å². The summed E-state index contributed by atoms with van der Waals surface area (Å²) in [5, 5.41) is 2.34. The first-order chi connectivity index (χ1) is 17.0. The molecule has 8 nitrogen and oxygen atoms in total. The number of imidazole rings is 1. The molecule has 1 N–H and O–H groups in total. The molecule has 1 amide bonds. The SMILES string of the molecule is C[C@@H](CC(=O)c1cnc(CN2CCCC2)n1C)c1ncc(C(=O)Nc2cc(C(F)(F)F)c(Cl)cn2)s1. The number of pyridine rings is 1. The molecule has 3 aromatic rings. The maximum absolute atomic E-state index is 13.1. The van der Waals surface area contributed by atoms with Crippen molar-refractivity contribution < 1.29 is 22.8 Å². The fraction of sp³-hybridized carbons (Fsp3) is 0.435. The quantitative estimate of drug-likeness (QED) is 0.396. The molecule has 4 rings (SSSR count). The van der Waals surface area contributed by atoms with Crippen molar-refractivity contribution in [2.75, 3.05) is 18.4 Å². The number of alkyl halides is 3. The van der Waals surface area contributed by atoms with Gasteiger partial charge in [0.15, 0.2) is 5.78 Å². The summed E-state index contributed by atoms with van der Waals surface area (Å²) in [6, 6.07) is 0.676. The first-order valence-electron chi connectivity index (χ1n) is 11.3. The first-order valence-corrected chi connectivity index (χ1v) is 12.5. The minimum Gasteiger partial charge on any atom is -0.328 e. The fourth-order valence-electron chi connectivity index (χ4n) is 3.99. The molecule has 0 unspecified atom stereocenters. The number of aromatic nitrogens is 4. The minimum absolute atomic E-state index is 0.0867. The third-order valence-corrected chi connectivity index (χ3v) is 7.53. The van der Waals surface area contributed by atoms with Gasteiger partial charge in [0.05, 0.1) is 34.5 Å². The number of likely N-dealkylation sites (tertiary alicyclic amines) is 1. The third kappa shape index (κ3) is 5.93. The number of carbonyl (C=O) groups excluding carboxylic acids is 2. The van der Waals surface area contributed by atoms with Crippen LogP contribution in [0.3, 0.4) is 0 Å². The van der Waals surface area contributed by atoms with Crippen LogP contribution in [0.4, 0.5) is 19.0 Å². The van der Waals surface area contributed by atoms with E-state index in [4.69, 9.17) is 11.6 Å². The highest BCUT2D eigenvalue weighted by molar-refractivity contribution is 7.13. The van der Waals surface area contributed by atoms with Gasteiger partial charge in [-0.05, 0) is 32.0 Å². The van der Waals surface area contributed by atoms with E-state index in [0.29, 0.717) is 23.3 Å². The normalized spacial score (nSPS) is 15.3. The van der Waals surface area contributed by atoms with Gasteiger partial charge in [0.1, 0.15) is 22.2 Å². The Morgan fingerprint density at radius 1 is 1.17 bits per heavy atom. The molecular formula is C23H24ClF3N6O2S. The highest BCUT2D eigenvalue weighted by Crippen LogP contribution is 2.35. The Kier molecular flexibility index (Phi) is 7.76. The zero-order chi connectivity index (χ0) is 26.0. The van der Waals surface area contributed by atoms with Gasteiger partial charge in [-0.2, -0.15) is 13.2 Å². The smallest absolute Gasteiger partial charge is 0.328 e. The minimum atomic E-state index is -4.68. The number of nitrogens with one attached hydrogen (secondary N) is 1. The number of nitrogens with zero attached hydrogens (tertiary/aromatic N) is 5. The van der Waals surface area contributed by atoms with Crippen LogP contribution in [0.25, 0.3) is 0 Å². The lowest BCUT2D eigenvalue weighted by atomic mass is 10.0. The third-order valence-electron chi connectivity index (χ3n) is 6.00. The summed E-state index contributed by atoms with van der Waals surface area (Å²) in [5.41, 5.74) is -0.579. The van der Waals surface area contributed by atoms with Crippen molar-refractivity contribution in [3.63, 3.8) is 0 Å². The Bertz CT molecular complexity index is 1270. The molecule has 36 heavy (non-hydrogen) atoms. The molecule has 0 aromatic carbocycles. The molecule has 0 aliphatic carbocycles. The van der Waals surface area contributed by atoms with Crippen molar-refractivity contribution in [2.45, 2.75) is 44.8 Å². The molecule has 0 radical (unpaired) electrons. The van der Waals surface area contributed by atoms with Crippen LogP contribution in [0.2, 0.25) is 5.02 Å². The predicted octanol–water partition coefficient (Wildman–Crippen LogP) is 5.17. The van der Waals surface area contributed by atoms with Gasteiger partial charge in [0.25, 0.3) is 5.91 Å². The largest absolute Gasteiger partial charge is 0.418 e. The average molecular weight is 541 g/mol. The van der Waals surface area contributed by atoms with Crippen LogP contribution in [0.15, 0.2) is 24.7 Å². The lowest BCUT2D eigenvalue weighted by Gasteiger charge is -2.14. The monoisotopic (exact) mass is 540 g/mol. The molecule has 0 saturated carbocycles. The van der Waals surface area contributed by atoms with Crippen molar-refractivity contribution >= 4 is 40.4 Å². The van der Waals surface area contributed by atoms with E-state index in [0.717, 1.165) is 36.4 Å². The average Bonchev–Trinajstić information content (AvgIpc) is 3.57. The van der Waals surface area contributed by atoms with Crippen molar-refractivity contribution in [1.29, 1.82) is 0 Å². The number of hydrogen-bond acceptors (Lipinski definition) is 7. The second kappa shape index (κ2) is 10.7. The van der Waals surface area contributed by atoms with Gasteiger partial charge in [0.2, 0.25) is 0 Å². The highest BCUT2D eigenvalue weighted by Gasteiger charge is 2.34. The molecule has 192 valence electrons. The summed E-state index contributed by atoms with van der Waals surface area (Å²) in [7, 11) is 1.83. The van der Waals surface area contributed by atoms with Crippen LogP contribution in [-0.2, 0) is 19.8 Å². The maximum atomic E-state index is 13.1. The second-order valence-electron chi connectivity index (χ2n) is 8.69. The molecule has 0 spiro atoms. The number of amides is 1. The lowest BCUT2D eigenvalue weighted by molar-refractivity contribution is -0.137. The summed E-state index contributed by atoms with van der Waals surface area (Å²) in [4.78, 5) is 40.4. The first kappa shape index (κ1) is 26.2. The van der Waals surface area contributed by atoms with Crippen molar-refractivity contribution in [3.05, 3.63) is 56.6 Å². The molecular weight excluding hydrogens is 517 g/mol. The van der Waals surface area contributed by atoms with Crippen LogP contribution >= 0.6 is 22.9 Å². The Morgan fingerprint density at radius 2 is 1.89 bits per heavy atom. The fourth-order valence-corrected chi connectivity index (χ4v) is 5.06. The van der Waals surface area contributed by atoms with Crippen molar-refractivity contribution in [3.8, 4) is 0 Å². The van der Waals surface area contributed by atoms with Crippen LogP contribution in [0, 0.1) is 0 Å². The van der Waals surface area contributed by atoms with Crippen LogP contribution < -0.4 is 5.32 Å². The topological polar surface area (TPSA) is 93.0 Å².